The first-order valence-electron chi connectivity index (χ1n) is 12.8. The Morgan fingerprint density at radius 3 is 1.55 bits per heavy atom. The third kappa shape index (κ3) is 9.68. The van der Waals surface area contributed by atoms with Crippen LogP contribution in [0, 0.1) is 0 Å². The first-order chi connectivity index (χ1) is 18.8. The Kier molecular flexibility index (Phi) is 14.8. The molecule has 0 fully saturated rings. The standard InChI is InChI=1S/2C13H13O.C10H8.2Fe/c1-14-13-9-5-4-8-12(13)10-11-6-2-3-7-11;1-14-13(12-9-5-6-10-12)11-7-3-2-4-8-11;1-2-6-9(5-1)10-7-3-4-8-10;;/h2-9H,10H2,1H3;2-10,13H,1H3;1-8H;;/q2*-1;-2;;. The molecule has 0 N–H and O–H groups in total. The quantitative estimate of drug-likeness (QED) is 0.133. The number of ether oxygens (including phenoxy) is 2. The Morgan fingerprint density at radius 1 is 0.550 bits per heavy atom. The molecule has 0 radical (unpaired) electrons. The monoisotopic (exact) mass is 610 g/mol. The van der Waals surface area contributed by atoms with Crippen LogP contribution in [0.1, 0.15) is 28.4 Å². The van der Waals surface area contributed by atoms with Gasteiger partial charge in [-0.1, -0.05) is 48.5 Å². The second-order valence-electron chi connectivity index (χ2n) is 8.87. The summed E-state index contributed by atoms with van der Waals surface area (Å²) in [6.45, 7) is 0. The molecule has 1 unspecified atom stereocenters. The Balaban J connectivity index is 0.000000208. The SMILES string of the molecule is COC(c1ccccc1)[c-]1cccc1.COc1ccccc1C[c-]1cccc1.[Fe].[Fe].c1cc[c-](-[c-]2cccc2)c1. The van der Waals surface area contributed by atoms with Crippen LogP contribution < -0.4 is 4.74 Å². The third-order valence-electron chi connectivity index (χ3n) is 6.31. The fourth-order valence-electron chi connectivity index (χ4n) is 4.39. The van der Waals surface area contributed by atoms with Gasteiger partial charge in [-0.05, 0) is 23.6 Å². The summed E-state index contributed by atoms with van der Waals surface area (Å²) >= 11 is 0. The van der Waals surface area contributed by atoms with E-state index < -0.39 is 0 Å². The number of hydrogen-bond acceptors (Lipinski definition) is 2. The molecule has 6 rings (SSSR count). The van der Waals surface area contributed by atoms with Crippen molar-refractivity contribution in [2.45, 2.75) is 12.5 Å². The van der Waals surface area contributed by atoms with Gasteiger partial charge in [0.1, 0.15) is 5.75 Å². The van der Waals surface area contributed by atoms with E-state index in [1.54, 1.807) is 14.2 Å². The van der Waals surface area contributed by atoms with Crippen molar-refractivity contribution in [1.82, 2.24) is 0 Å². The smallest absolute Gasteiger partial charge is 0.121 e. The van der Waals surface area contributed by atoms with E-state index in [2.05, 4.69) is 103 Å². The molecule has 2 nitrogen and oxygen atoms in total. The molecule has 0 saturated heterocycles. The summed E-state index contributed by atoms with van der Waals surface area (Å²) in [5.74, 6) is 0.966. The average Bonchev–Trinajstić information content (AvgIpc) is 3.79. The Morgan fingerprint density at radius 2 is 1.02 bits per heavy atom. The predicted molar refractivity (Wildman–Crippen MR) is 158 cm³/mol. The van der Waals surface area contributed by atoms with Crippen LogP contribution >= 0.6 is 0 Å². The molecular formula is C36H34Fe2O2-4. The van der Waals surface area contributed by atoms with Gasteiger partial charge in [-0.2, -0.15) is 89.5 Å². The van der Waals surface area contributed by atoms with Gasteiger partial charge in [-0.15, -0.1) is 5.56 Å². The fraction of sp³-hybridized carbons (Fsp3) is 0.111. The van der Waals surface area contributed by atoms with Gasteiger partial charge in [0.2, 0.25) is 0 Å². The van der Waals surface area contributed by atoms with Crippen LogP contribution in [0.15, 0.2) is 152 Å². The molecule has 40 heavy (non-hydrogen) atoms. The van der Waals surface area contributed by atoms with Gasteiger partial charge < -0.3 is 9.47 Å². The van der Waals surface area contributed by atoms with E-state index in [-0.39, 0.29) is 40.2 Å². The molecule has 0 saturated carbocycles. The molecule has 6 aromatic carbocycles. The molecule has 0 aromatic heterocycles. The molecule has 0 heterocycles. The zero-order valence-electron chi connectivity index (χ0n) is 22.7. The van der Waals surface area contributed by atoms with Crippen LogP contribution in [0.5, 0.6) is 5.75 Å². The van der Waals surface area contributed by atoms with Crippen molar-refractivity contribution in [1.29, 1.82) is 0 Å². The van der Waals surface area contributed by atoms with Crippen molar-refractivity contribution < 1.29 is 43.6 Å². The van der Waals surface area contributed by atoms with Crippen molar-refractivity contribution in [3.63, 3.8) is 0 Å². The van der Waals surface area contributed by atoms with Gasteiger partial charge in [0, 0.05) is 41.2 Å². The van der Waals surface area contributed by atoms with Crippen LogP contribution in [0.25, 0.3) is 11.1 Å². The first-order valence-corrected chi connectivity index (χ1v) is 12.8. The van der Waals surface area contributed by atoms with Crippen LogP contribution in [0.3, 0.4) is 0 Å². The minimum atomic E-state index is 0. The first kappa shape index (κ1) is 32.8. The maximum absolute atomic E-state index is 5.48. The third-order valence-corrected chi connectivity index (χ3v) is 6.31. The summed E-state index contributed by atoms with van der Waals surface area (Å²) in [6.07, 6.45) is 1.00. The van der Waals surface area contributed by atoms with E-state index in [1.807, 2.05) is 48.5 Å². The molecule has 0 amide bonds. The molecule has 0 aliphatic carbocycles. The molecule has 1 atom stereocenters. The normalized spacial score (nSPS) is 10.4. The fourth-order valence-corrected chi connectivity index (χ4v) is 4.39. The van der Waals surface area contributed by atoms with E-state index in [0.29, 0.717) is 0 Å². The zero-order valence-corrected chi connectivity index (χ0v) is 25.0. The van der Waals surface area contributed by atoms with E-state index in [1.165, 1.54) is 33.4 Å². The van der Waals surface area contributed by atoms with E-state index in [0.717, 1.165) is 12.2 Å². The second-order valence-corrected chi connectivity index (χ2v) is 8.87. The van der Waals surface area contributed by atoms with Crippen molar-refractivity contribution >= 4 is 0 Å². The molecular weight excluding hydrogens is 576 g/mol. The molecule has 4 heteroatoms. The number of para-hydroxylation sites is 1. The predicted octanol–water partition coefficient (Wildman–Crippen LogP) is 8.93. The summed E-state index contributed by atoms with van der Waals surface area (Å²) in [7, 11) is 3.45. The van der Waals surface area contributed by atoms with Gasteiger partial charge in [0.05, 0.1) is 13.2 Å². The van der Waals surface area contributed by atoms with Gasteiger partial charge in [-0.25, -0.2) is 24.3 Å². The van der Waals surface area contributed by atoms with Crippen molar-refractivity contribution in [2.75, 3.05) is 14.2 Å². The van der Waals surface area contributed by atoms with Crippen LogP contribution in [0.4, 0.5) is 0 Å². The molecule has 0 bridgehead atoms. The van der Waals surface area contributed by atoms with Crippen LogP contribution in [0.2, 0.25) is 0 Å². The van der Waals surface area contributed by atoms with E-state index in [9.17, 15) is 0 Å². The molecule has 0 aliphatic rings. The topological polar surface area (TPSA) is 18.5 Å². The van der Waals surface area contributed by atoms with Gasteiger partial charge in [-0.3, -0.25) is 0 Å². The van der Waals surface area contributed by atoms with Crippen molar-refractivity contribution in [2.24, 2.45) is 0 Å². The summed E-state index contributed by atoms with van der Waals surface area (Å²) in [5.41, 5.74) is 7.59. The van der Waals surface area contributed by atoms with E-state index >= 15 is 0 Å². The number of rotatable bonds is 7. The molecule has 0 aliphatic heterocycles. The van der Waals surface area contributed by atoms with Crippen molar-refractivity contribution in [3.8, 4) is 16.9 Å². The summed E-state index contributed by atoms with van der Waals surface area (Å²) in [6, 6.07) is 51.7. The minimum absolute atomic E-state index is 0. The Hall–Kier alpha value is -3.36. The van der Waals surface area contributed by atoms with Crippen LogP contribution in [-0.2, 0) is 45.3 Å². The summed E-state index contributed by atoms with van der Waals surface area (Å²) < 4.78 is 10.8. The van der Waals surface area contributed by atoms with Gasteiger partial charge in [0.15, 0.2) is 0 Å². The second kappa shape index (κ2) is 18.1. The van der Waals surface area contributed by atoms with Gasteiger partial charge >= 0.3 is 0 Å². The summed E-state index contributed by atoms with van der Waals surface area (Å²) in [5, 5.41) is 0. The number of benzene rings is 2. The average molecular weight is 610 g/mol. The van der Waals surface area contributed by atoms with Crippen molar-refractivity contribution in [3.05, 3.63) is 174 Å². The maximum atomic E-state index is 5.48. The zero-order chi connectivity index (χ0) is 26.4. The molecule has 6 aromatic rings. The molecule has 210 valence electrons. The maximum Gasteiger partial charge on any atom is 0.121 e. The van der Waals surface area contributed by atoms with E-state index in [4.69, 9.17) is 9.47 Å². The van der Waals surface area contributed by atoms with Gasteiger partial charge in [0.25, 0.3) is 0 Å². The number of methoxy groups -OCH3 is 2. The molecule has 0 spiro atoms. The van der Waals surface area contributed by atoms with Crippen LogP contribution in [-0.4, -0.2) is 14.2 Å². The number of hydrogen-bond donors (Lipinski definition) is 0. The minimum Gasteiger partial charge on any atom is -0.497 e. The summed E-state index contributed by atoms with van der Waals surface area (Å²) in [4.78, 5) is 0. The Labute approximate surface area is 260 Å². The Bertz CT molecular complexity index is 1350. The largest absolute Gasteiger partial charge is 0.497 e.